The molecule has 0 saturated carbocycles. The molecular formula is C30H32Cl2N4O6S2. The number of hydrogen-bond donors (Lipinski definition) is 0. The van der Waals surface area contributed by atoms with Crippen molar-refractivity contribution in [3.05, 3.63) is 56.0 Å². The van der Waals surface area contributed by atoms with Crippen LogP contribution in [0.4, 0.5) is 0 Å². The summed E-state index contributed by atoms with van der Waals surface area (Å²) < 4.78 is 14.5. The van der Waals surface area contributed by atoms with Gasteiger partial charge >= 0.3 is 11.9 Å². The van der Waals surface area contributed by atoms with Crippen LogP contribution in [0.3, 0.4) is 0 Å². The summed E-state index contributed by atoms with van der Waals surface area (Å²) in [5.74, 6) is -1.43. The maximum atomic E-state index is 12.6. The standard InChI is InChI=1S/C30H32Cl2N4O6S2/c1-41-25(39)17-35-27-19(31)11-9-13-21(27)43-29(35)33-23(37)15-7-5-3-4-6-8-16-24(38)34-30-36(18-26(40)42-2)28-20(32)12-10-14-22(28)44-30/h9-14H,3-8,15-18H2,1-2H3. The van der Waals surface area contributed by atoms with Crippen molar-refractivity contribution in [1.82, 2.24) is 9.13 Å². The molecule has 4 aromatic rings. The SMILES string of the molecule is COC(=O)Cn1c(=NC(=O)CCCCCCCCC(=O)N=c2sc3cccc(Cl)c3n2CC(=O)OC)sc2cccc(Cl)c21. The van der Waals surface area contributed by atoms with E-state index in [-0.39, 0.29) is 24.9 Å². The molecule has 0 saturated heterocycles. The zero-order valence-electron chi connectivity index (χ0n) is 24.3. The number of aromatic nitrogens is 2. The molecule has 2 amide bonds. The molecule has 0 aliphatic rings. The molecule has 14 heteroatoms. The molecule has 2 heterocycles. The maximum Gasteiger partial charge on any atom is 0.325 e. The van der Waals surface area contributed by atoms with Gasteiger partial charge in [0.2, 0.25) is 11.8 Å². The van der Waals surface area contributed by atoms with E-state index in [2.05, 4.69) is 9.98 Å². The number of benzene rings is 2. The highest BCUT2D eigenvalue weighted by atomic mass is 35.5. The number of ether oxygens (including phenoxy) is 2. The van der Waals surface area contributed by atoms with Crippen LogP contribution in [0, 0.1) is 0 Å². The van der Waals surface area contributed by atoms with Gasteiger partial charge in [-0.1, -0.05) is 83.7 Å². The van der Waals surface area contributed by atoms with E-state index in [9.17, 15) is 19.2 Å². The number of methoxy groups -OCH3 is 2. The minimum atomic E-state index is -0.457. The van der Waals surface area contributed by atoms with Gasteiger partial charge in [-0.05, 0) is 37.1 Å². The van der Waals surface area contributed by atoms with E-state index in [1.165, 1.54) is 36.9 Å². The molecule has 0 unspecified atom stereocenters. The van der Waals surface area contributed by atoms with Crippen molar-refractivity contribution in [2.24, 2.45) is 9.98 Å². The lowest BCUT2D eigenvalue weighted by molar-refractivity contribution is -0.142. The highest BCUT2D eigenvalue weighted by Gasteiger charge is 2.15. The summed E-state index contributed by atoms with van der Waals surface area (Å²) in [7, 11) is 2.61. The molecular weight excluding hydrogens is 647 g/mol. The molecule has 0 N–H and O–H groups in total. The molecule has 2 aromatic heterocycles. The van der Waals surface area contributed by atoms with Crippen molar-refractivity contribution in [2.75, 3.05) is 14.2 Å². The fourth-order valence-corrected chi connectivity index (χ4v) is 7.42. The summed E-state index contributed by atoms with van der Waals surface area (Å²) in [5.41, 5.74) is 1.30. The van der Waals surface area contributed by atoms with E-state index in [4.69, 9.17) is 32.7 Å². The van der Waals surface area contributed by atoms with Gasteiger partial charge in [0, 0.05) is 12.8 Å². The van der Waals surface area contributed by atoms with Crippen LogP contribution >= 0.6 is 45.9 Å². The van der Waals surface area contributed by atoms with Crippen molar-refractivity contribution >= 4 is 90.1 Å². The maximum absolute atomic E-state index is 12.6. The molecule has 234 valence electrons. The van der Waals surface area contributed by atoms with E-state index in [0.717, 1.165) is 35.1 Å². The molecule has 0 atom stereocenters. The van der Waals surface area contributed by atoms with E-state index >= 15 is 0 Å². The van der Waals surface area contributed by atoms with Crippen LogP contribution in [0.25, 0.3) is 20.4 Å². The Balaban J connectivity index is 1.24. The molecule has 10 nitrogen and oxygen atoms in total. The topological polar surface area (TPSA) is 121 Å². The van der Waals surface area contributed by atoms with Crippen molar-refractivity contribution in [2.45, 2.75) is 64.5 Å². The Morgan fingerprint density at radius 2 is 1.05 bits per heavy atom. The molecule has 4 rings (SSSR count). The molecule has 0 radical (unpaired) electrons. The van der Waals surface area contributed by atoms with Crippen LogP contribution in [0.5, 0.6) is 0 Å². The number of thiazole rings is 2. The number of para-hydroxylation sites is 2. The number of unbranched alkanes of at least 4 members (excludes halogenated alkanes) is 5. The average molecular weight is 680 g/mol. The molecule has 0 aliphatic heterocycles. The predicted molar refractivity (Wildman–Crippen MR) is 172 cm³/mol. The van der Waals surface area contributed by atoms with Gasteiger partial charge in [0.15, 0.2) is 9.60 Å². The van der Waals surface area contributed by atoms with Crippen molar-refractivity contribution in [3.8, 4) is 0 Å². The Hall–Kier alpha value is -3.32. The molecule has 2 aromatic carbocycles. The summed E-state index contributed by atoms with van der Waals surface area (Å²) in [5, 5.41) is 0.943. The number of amides is 2. The summed E-state index contributed by atoms with van der Waals surface area (Å²) in [6.07, 6.45) is 5.53. The lowest BCUT2D eigenvalue weighted by atomic mass is 10.1. The molecule has 0 bridgehead atoms. The first-order valence-corrected chi connectivity index (χ1v) is 16.4. The quantitative estimate of drug-likeness (QED) is 0.125. The summed E-state index contributed by atoms with van der Waals surface area (Å²) in [6.45, 7) is -0.178. The molecule has 0 spiro atoms. The number of halogens is 2. The van der Waals surface area contributed by atoms with Gasteiger partial charge in [-0.2, -0.15) is 9.98 Å². The second kappa shape index (κ2) is 16.1. The molecule has 44 heavy (non-hydrogen) atoms. The van der Waals surface area contributed by atoms with Crippen LogP contribution < -0.4 is 9.60 Å². The first kappa shape index (κ1) is 33.6. The van der Waals surface area contributed by atoms with Gasteiger partial charge in [0.05, 0.1) is 44.7 Å². The first-order chi connectivity index (χ1) is 21.2. The van der Waals surface area contributed by atoms with Crippen LogP contribution in [0.15, 0.2) is 46.4 Å². The number of hydrogen-bond acceptors (Lipinski definition) is 8. The van der Waals surface area contributed by atoms with E-state index in [1.54, 1.807) is 21.3 Å². The lowest BCUT2D eigenvalue weighted by Crippen LogP contribution is -2.22. The van der Waals surface area contributed by atoms with Gasteiger partial charge < -0.3 is 18.6 Å². The predicted octanol–water partition coefficient (Wildman–Crippen LogP) is 6.05. The minimum absolute atomic E-state index is 0.0892. The molecule has 0 fully saturated rings. The monoisotopic (exact) mass is 678 g/mol. The highest BCUT2D eigenvalue weighted by Crippen LogP contribution is 2.26. The zero-order chi connectivity index (χ0) is 31.6. The Morgan fingerprint density at radius 1 is 0.659 bits per heavy atom. The van der Waals surface area contributed by atoms with Crippen LogP contribution in [0.1, 0.15) is 51.4 Å². The second-order valence-corrected chi connectivity index (χ2v) is 12.7. The summed E-state index contributed by atoms with van der Waals surface area (Å²) in [4.78, 5) is 58.5. The fourth-order valence-electron chi connectivity index (χ4n) is 4.61. The van der Waals surface area contributed by atoms with Gasteiger partial charge in [0.25, 0.3) is 0 Å². The third kappa shape index (κ3) is 8.65. The smallest absolute Gasteiger partial charge is 0.325 e. The number of fused-ring (bicyclic) bond motifs is 2. The molecule has 0 aliphatic carbocycles. The summed E-state index contributed by atoms with van der Waals surface area (Å²) >= 11 is 15.3. The van der Waals surface area contributed by atoms with Gasteiger partial charge in [0.1, 0.15) is 13.1 Å². The van der Waals surface area contributed by atoms with Crippen LogP contribution in [-0.2, 0) is 41.7 Å². The van der Waals surface area contributed by atoms with E-state index in [0.29, 0.717) is 56.4 Å². The second-order valence-electron chi connectivity index (χ2n) is 9.90. The lowest BCUT2D eigenvalue weighted by Gasteiger charge is -2.05. The van der Waals surface area contributed by atoms with Gasteiger partial charge in [-0.25, -0.2) is 0 Å². The minimum Gasteiger partial charge on any atom is -0.468 e. The third-order valence-corrected chi connectivity index (χ3v) is 9.50. The van der Waals surface area contributed by atoms with E-state index in [1.807, 2.05) is 24.3 Å². The zero-order valence-corrected chi connectivity index (χ0v) is 27.5. The van der Waals surface area contributed by atoms with Gasteiger partial charge in [-0.15, -0.1) is 0 Å². The normalized spacial score (nSPS) is 12.3. The van der Waals surface area contributed by atoms with Crippen molar-refractivity contribution in [3.63, 3.8) is 0 Å². The number of esters is 2. The number of carbonyl (C=O) groups excluding carboxylic acids is 4. The highest BCUT2D eigenvalue weighted by molar-refractivity contribution is 7.16. The fraction of sp³-hybridized carbons (Fsp3) is 0.400. The number of nitrogens with zero attached hydrogens (tertiary/aromatic N) is 4. The van der Waals surface area contributed by atoms with Gasteiger partial charge in [-0.3, -0.25) is 19.2 Å². The Bertz CT molecular complexity index is 1690. The third-order valence-electron chi connectivity index (χ3n) is 6.81. The summed E-state index contributed by atoms with van der Waals surface area (Å²) in [6, 6.07) is 10.8. The van der Waals surface area contributed by atoms with E-state index < -0.39 is 11.9 Å². The number of rotatable bonds is 13. The van der Waals surface area contributed by atoms with Crippen molar-refractivity contribution in [1.29, 1.82) is 0 Å². The first-order valence-electron chi connectivity index (χ1n) is 14.1. The largest absolute Gasteiger partial charge is 0.468 e. The van der Waals surface area contributed by atoms with Crippen LogP contribution in [0.2, 0.25) is 10.0 Å². The number of carbonyl (C=O) groups is 4. The Morgan fingerprint density at radius 3 is 1.43 bits per heavy atom. The van der Waals surface area contributed by atoms with Crippen LogP contribution in [-0.4, -0.2) is 47.1 Å². The van der Waals surface area contributed by atoms with Crippen molar-refractivity contribution < 1.29 is 28.7 Å². The average Bonchev–Trinajstić information content (AvgIpc) is 3.52. The Labute approximate surface area is 271 Å². The Kier molecular flexibility index (Phi) is 12.3.